The van der Waals surface area contributed by atoms with Crippen LogP contribution in [0, 0.1) is 28.1 Å². The van der Waals surface area contributed by atoms with Crippen LogP contribution in [0.4, 0.5) is 0 Å². The average Bonchev–Trinajstić information content (AvgIpc) is 3.26. The number of furan rings is 1. The number of carbonyl (C=O) groups excluding carboxylic acids is 3. The first kappa shape index (κ1) is 21.3. The summed E-state index contributed by atoms with van der Waals surface area (Å²) >= 11 is 0. The highest BCUT2D eigenvalue weighted by Gasteiger charge is 2.88. The zero-order valence-corrected chi connectivity index (χ0v) is 20.2. The minimum atomic E-state index is -0.856. The molecule has 1 aromatic rings. The van der Waals surface area contributed by atoms with Gasteiger partial charge in [-0.2, -0.15) is 0 Å². The fourth-order valence-corrected chi connectivity index (χ4v) is 9.85. The van der Waals surface area contributed by atoms with E-state index in [9.17, 15) is 14.4 Å². The summed E-state index contributed by atoms with van der Waals surface area (Å²) in [7, 11) is 0. The Hall–Kier alpha value is -1.99. The van der Waals surface area contributed by atoms with E-state index in [1.165, 1.54) is 0 Å². The van der Waals surface area contributed by atoms with E-state index in [-0.39, 0.29) is 59.8 Å². The average molecular weight is 469 g/mol. The summed E-state index contributed by atoms with van der Waals surface area (Å²) in [6.45, 7) is 8.61. The van der Waals surface area contributed by atoms with Crippen LogP contribution in [0.1, 0.15) is 71.3 Å². The number of hydrogen-bond donors (Lipinski definition) is 0. The van der Waals surface area contributed by atoms with Crippen LogP contribution in [0.5, 0.6) is 0 Å². The molecule has 2 spiro atoms. The zero-order valence-electron chi connectivity index (χ0n) is 20.2. The number of rotatable bonds is 1. The molecule has 7 heteroatoms. The van der Waals surface area contributed by atoms with Gasteiger partial charge in [0.1, 0.15) is 24.1 Å². The highest BCUT2D eigenvalue weighted by molar-refractivity contribution is 5.96. The van der Waals surface area contributed by atoms with Gasteiger partial charge in [-0.15, -0.1) is 0 Å². The molecular formula is C27H32O7. The van der Waals surface area contributed by atoms with Crippen LogP contribution in [0.3, 0.4) is 0 Å². The standard InChI is InChI=1S/C27H32O7/c1-23(2)18-10-19(29)25(4)17(26(18)13-32-21(30)11-20(26)33-23)5-7-24(3)15(14-6-8-31-12-14)9-16(28)22-27(24,25)34-22/h6,8,12,15,17-18,20,22H,5,7,9-11,13H2,1-4H3. The molecule has 0 N–H and O–H groups in total. The van der Waals surface area contributed by atoms with Gasteiger partial charge in [0.05, 0.1) is 36.1 Å². The first-order chi connectivity index (χ1) is 16.0. The lowest BCUT2D eigenvalue weighted by Gasteiger charge is -2.65. The minimum Gasteiger partial charge on any atom is -0.472 e. The number of carbonyl (C=O) groups is 3. The maximum absolute atomic E-state index is 14.3. The van der Waals surface area contributed by atoms with E-state index in [1.54, 1.807) is 12.5 Å². The van der Waals surface area contributed by atoms with Gasteiger partial charge < -0.3 is 18.6 Å². The molecule has 9 atom stereocenters. The quantitative estimate of drug-likeness (QED) is 0.459. The van der Waals surface area contributed by atoms with Crippen molar-refractivity contribution in [2.75, 3.05) is 6.61 Å². The van der Waals surface area contributed by atoms with Gasteiger partial charge in [0.2, 0.25) is 0 Å². The molecule has 3 aliphatic carbocycles. The third kappa shape index (κ3) is 2.05. The minimum absolute atomic E-state index is 0.0365. The molecule has 4 heterocycles. The van der Waals surface area contributed by atoms with Crippen LogP contribution in [-0.2, 0) is 28.6 Å². The van der Waals surface area contributed by atoms with Crippen LogP contribution in [0.15, 0.2) is 23.0 Å². The molecule has 7 nitrogen and oxygen atoms in total. The topological polar surface area (TPSA) is 95.3 Å². The van der Waals surface area contributed by atoms with Crippen LogP contribution in [0.2, 0.25) is 0 Å². The maximum atomic E-state index is 14.3. The predicted octanol–water partition coefficient (Wildman–Crippen LogP) is 3.60. The molecule has 3 aliphatic heterocycles. The Bertz CT molecular complexity index is 1120. The zero-order chi connectivity index (χ0) is 23.9. The number of epoxide rings is 1. The first-order valence-electron chi connectivity index (χ1n) is 12.6. The van der Waals surface area contributed by atoms with Crippen LogP contribution in [0.25, 0.3) is 0 Å². The summed E-state index contributed by atoms with van der Waals surface area (Å²) in [5.41, 5.74) is -2.06. The number of hydrogen-bond acceptors (Lipinski definition) is 7. The monoisotopic (exact) mass is 468 g/mol. The van der Waals surface area contributed by atoms with Gasteiger partial charge in [-0.25, -0.2) is 0 Å². The van der Waals surface area contributed by atoms with E-state index >= 15 is 0 Å². The summed E-state index contributed by atoms with van der Waals surface area (Å²) in [6, 6.07) is 1.94. The van der Waals surface area contributed by atoms with Crippen molar-refractivity contribution in [3.05, 3.63) is 24.2 Å². The number of esters is 1. The lowest BCUT2D eigenvalue weighted by Crippen LogP contribution is -2.72. The fourth-order valence-electron chi connectivity index (χ4n) is 9.85. The molecule has 3 saturated heterocycles. The molecule has 182 valence electrons. The molecule has 0 amide bonds. The van der Waals surface area contributed by atoms with Crippen molar-refractivity contribution in [2.24, 2.45) is 28.1 Å². The number of ketones is 2. The number of fused-ring (bicyclic) bond motifs is 1. The number of Topliss-reactive ketones (excluding diaryl/α,β-unsaturated/α-hetero) is 2. The van der Waals surface area contributed by atoms with Gasteiger partial charge in [0, 0.05) is 35.5 Å². The van der Waals surface area contributed by atoms with Crippen LogP contribution < -0.4 is 0 Å². The van der Waals surface area contributed by atoms with E-state index < -0.39 is 28.1 Å². The lowest BCUT2D eigenvalue weighted by atomic mass is 9.35. The second-order valence-electron chi connectivity index (χ2n) is 12.6. The Morgan fingerprint density at radius 2 is 1.76 bits per heavy atom. The van der Waals surface area contributed by atoms with E-state index in [0.29, 0.717) is 12.8 Å². The van der Waals surface area contributed by atoms with Crippen molar-refractivity contribution < 1.29 is 33.0 Å². The van der Waals surface area contributed by atoms with Crippen molar-refractivity contribution in [3.8, 4) is 0 Å². The second kappa shape index (κ2) is 6.04. The van der Waals surface area contributed by atoms with Crippen molar-refractivity contribution in [1.29, 1.82) is 0 Å². The van der Waals surface area contributed by atoms with Gasteiger partial charge in [0.25, 0.3) is 0 Å². The normalized spacial score (nSPS) is 52.6. The summed E-state index contributed by atoms with van der Waals surface area (Å²) in [5.74, 6) is -0.179. The van der Waals surface area contributed by atoms with Gasteiger partial charge in [-0.3, -0.25) is 14.4 Å². The maximum Gasteiger partial charge on any atom is 0.308 e. The Morgan fingerprint density at radius 3 is 2.50 bits per heavy atom. The van der Waals surface area contributed by atoms with Gasteiger partial charge >= 0.3 is 5.97 Å². The Kier molecular flexibility index (Phi) is 3.78. The molecule has 7 rings (SSSR count). The van der Waals surface area contributed by atoms with Crippen LogP contribution >= 0.6 is 0 Å². The number of cyclic esters (lactones) is 1. The molecule has 6 fully saturated rings. The van der Waals surface area contributed by atoms with Gasteiger partial charge in [-0.1, -0.05) is 6.92 Å². The second-order valence-corrected chi connectivity index (χ2v) is 12.6. The SMILES string of the molecule is CC1(C)OC2CC(=O)OCC23C1CC(=O)C1(C)C3CCC2(C)C(c3ccoc3)CC(=O)C3OC321. The van der Waals surface area contributed by atoms with Crippen molar-refractivity contribution in [3.63, 3.8) is 0 Å². The molecule has 3 saturated carbocycles. The third-order valence-corrected chi connectivity index (χ3v) is 11.3. The molecule has 9 unspecified atom stereocenters. The summed E-state index contributed by atoms with van der Waals surface area (Å²) in [4.78, 5) is 39.9. The van der Waals surface area contributed by atoms with Gasteiger partial charge in [-0.05, 0) is 51.2 Å². The lowest BCUT2D eigenvalue weighted by molar-refractivity contribution is -0.211. The molecular weight excluding hydrogens is 436 g/mol. The molecule has 6 aliphatic rings. The highest BCUT2D eigenvalue weighted by Crippen LogP contribution is 2.80. The fraction of sp³-hybridized carbons (Fsp3) is 0.741. The van der Waals surface area contributed by atoms with Gasteiger partial charge in [0.15, 0.2) is 5.78 Å². The highest BCUT2D eigenvalue weighted by atomic mass is 16.6. The van der Waals surface area contributed by atoms with Crippen molar-refractivity contribution in [1.82, 2.24) is 0 Å². The molecule has 0 bridgehead atoms. The van der Waals surface area contributed by atoms with Crippen molar-refractivity contribution in [2.45, 2.75) is 89.1 Å². The Labute approximate surface area is 198 Å². The van der Waals surface area contributed by atoms with Crippen LogP contribution in [-0.4, -0.2) is 47.6 Å². The third-order valence-electron chi connectivity index (χ3n) is 11.3. The van der Waals surface area contributed by atoms with E-state index in [1.807, 2.05) is 26.8 Å². The Morgan fingerprint density at radius 1 is 0.971 bits per heavy atom. The smallest absolute Gasteiger partial charge is 0.308 e. The molecule has 34 heavy (non-hydrogen) atoms. The summed E-state index contributed by atoms with van der Waals surface area (Å²) < 4.78 is 24.2. The van der Waals surface area contributed by atoms with Crippen molar-refractivity contribution >= 4 is 17.5 Å². The van der Waals surface area contributed by atoms with E-state index in [0.717, 1.165) is 18.4 Å². The molecule has 0 aromatic carbocycles. The number of ether oxygens (including phenoxy) is 3. The summed E-state index contributed by atoms with van der Waals surface area (Å²) in [5, 5.41) is 0. The largest absolute Gasteiger partial charge is 0.472 e. The predicted molar refractivity (Wildman–Crippen MR) is 118 cm³/mol. The Balaban J connectivity index is 1.41. The van der Waals surface area contributed by atoms with E-state index in [4.69, 9.17) is 18.6 Å². The molecule has 0 radical (unpaired) electrons. The molecule has 1 aromatic heterocycles. The van der Waals surface area contributed by atoms with E-state index in [2.05, 4.69) is 6.92 Å². The first-order valence-corrected chi connectivity index (χ1v) is 12.6. The summed E-state index contributed by atoms with van der Waals surface area (Å²) in [6.07, 6.45) is 5.16.